The molecule has 1 aliphatic heterocycles. The van der Waals surface area contributed by atoms with Crippen LogP contribution in [0.25, 0.3) is 0 Å². The number of rotatable bonds is 8. The molecule has 1 aliphatic rings. The number of carbonyl (C=O) groups is 1. The van der Waals surface area contributed by atoms with Crippen molar-refractivity contribution in [2.24, 2.45) is 0 Å². The zero-order valence-electron chi connectivity index (χ0n) is 17.6. The van der Waals surface area contributed by atoms with Gasteiger partial charge in [-0.05, 0) is 47.6 Å². The van der Waals surface area contributed by atoms with Crippen LogP contribution < -0.4 is 10.1 Å². The Bertz CT molecular complexity index is 819. The van der Waals surface area contributed by atoms with E-state index in [1.807, 2.05) is 24.3 Å². The Morgan fingerprint density at radius 3 is 2.62 bits per heavy atom. The number of aliphatic hydroxyl groups is 1. The lowest BCUT2D eigenvalue weighted by atomic mass is 9.91. The first-order valence-electron chi connectivity index (χ1n) is 10.4. The molecule has 2 N–H and O–H groups in total. The van der Waals surface area contributed by atoms with Crippen LogP contribution in [0.2, 0.25) is 0 Å². The van der Waals surface area contributed by atoms with Crippen LogP contribution >= 0.6 is 0 Å². The molecule has 5 heteroatoms. The largest absolute Gasteiger partial charge is 0.497 e. The van der Waals surface area contributed by atoms with E-state index in [-0.39, 0.29) is 12.5 Å². The van der Waals surface area contributed by atoms with Crippen molar-refractivity contribution in [2.45, 2.75) is 51.3 Å². The van der Waals surface area contributed by atoms with E-state index >= 15 is 0 Å². The van der Waals surface area contributed by atoms with Gasteiger partial charge in [-0.25, -0.2) is 0 Å². The van der Waals surface area contributed by atoms with E-state index < -0.39 is 5.60 Å². The summed E-state index contributed by atoms with van der Waals surface area (Å²) in [6.45, 7) is 6.37. The zero-order valence-corrected chi connectivity index (χ0v) is 17.6. The fourth-order valence-corrected chi connectivity index (χ4v) is 3.80. The third-order valence-corrected chi connectivity index (χ3v) is 5.60. The Hall–Kier alpha value is -2.37. The molecule has 0 aromatic heterocycles. The average Bonchev–Trinajstić information content (AvgIpc) is 2.72. The highest BCUT2D eigenvalue weighted by Gasteiger charge is 2.41. The van der Waals surface area contributed by atoms with Gasteiger partial charge in [0.1, 0.15) is 5.75 Å². The van der Waals surface area contributed by atoms with Gasteiger partial charge in [0.25, 0.3) is 5.91 Å². The summed E-state index contributed by atoms with van der Waals surface area (Å²) in [7, 11) is 1.64. The molecule has 0 unspecified atom stereocenters. The molecule has 2 aromatic carbocycles. The van der Waals surface area contributed by atoms with Gasteiger partial charge in [0.05, 0.1) is 7.11 Å². The lowest BCUT2D eigenvalue weighted by molar-refractivity contribution is -0.157. The molecular weight excluding hydrogens is 364 g/mol. The molecule has 5 nitrogen and oxygen atoms in total. The van der Waals surface area contributed by atoms with E-state index in [4.69, 9.17) is 4.74 Å². The number of nitrogens with zero attached hydrogens (tertiary/aromatic N) is 1. The highest BCUT2D eigenvalue weighted by Crippen LogP contribution is 2.25. The van der Waals surface area contributed by atoms with E-state index in [0.717, 1.165) is 23.3 Å². The summed E-state index contributed by atoms with van der Waals surface area (Å²) in [5.74, 6) is 1.10. The van der Waals surface area contributed by atoms with Crippen LogP contribution in [0.1, 0.15) is 49.3 Å². The highest BCUT2D eigenvalue weighted by molar-refractivity contribution is 5.86. The topological polar surface area (TPSA) is 61.8 Å². The Labute approximate surface area is 173 Å². The first kappa shape index (κ1) is 21.3. The maximum absolute atomic E-state index is 13.0. The third kappa shape index (κ3) is 5.37. The molecule has 0 aliphatic carbocycles. The van der Waals surface area contributed by atoms with Gasteiger partial charge >= 0.3 is 0 Å². The number of carbonyl (C=O) groups excluding carboxylic acids is 1. The number of piperidine rings is 1. The van der Waals surface area contributed by atoms with E-state index in [1.165, 1.54) is 5.56 Å². The maximum atomic E-state index is 13.0. The maximum Gasteiger partial charge on any atom is 0.256 e. The summed E-state index contributed by atoms with van der Waals surface area (Å²) < 4.78 is 5.24. The van der Waals surface area contributed by atoms with Crippen molar-refractivity contribution < 1.29 is 14.6 Å². The number of benzene rings is 2. The van der Waals surface area contributed by atoms with Crippen molar-refractivity contribution in [3.63, 3.8) is 0 Å². The minimum absolute atomic E-state index is 0.185. The standard InChI is InChI=1S/C24H32N2O3/c1-18(2)21-10-8-19(9-11-21)16-26-13-5-12-24(28,23(26)27)17-25-15-20-6-4-7-22(14-20)29-3/h4,6-11,14,18,25,28H,5,12-13,15-17H2,1-3H3/t24-/m0/s1. The van der Waals surface area contributed by atoms with Gasteiger partial charge < -0.3 is 20.1 Å². The average molecular weight is 397 g/mol. The lowest BCUT2D eigenvalue weighted by Crippen LogP contribution is -2.57. The Morgan fingerprint density at radius 1 is 1.17 bits per heavy atom. The van der Waals surface area contributed by atoms with Crippen molar-refractivity contribution in [1.82, 2.24) is 10.2 Å². The summed E-state index contributed by atoms with van der Waals surface area (Å²) in [5, 5.41) is 14.3. The summed E-state index contributed by atoms with van der Waals surface area (Å²) in [6.07, 6.45) is 1.28. The van der Waals surface area contributed by atoms with Crippen LogP contribution in [-0.4, -0.2) is 41.7 Å². The third-order valence-electron chi connectivity index (χ3n) is 5.60. The minimum Gasteiger partial charge on any atom is -0.497 e. The summed E-state index contributed by atoms with van der Waals surface area (Å²) in [6, 6.07) is 16.2. The SMILES string of the molecule is COc1cccc(CNC[C@@]2(O)CCCN(Cc3ccc(C(C)C)cc3)C2=O)c1. The van der Waals surface area contributed by atoms with Crippen LogP contribution in [-0.2, 0) is 17.9 Å². The Morgan fingerprint density at radius 2 is 1.93 bits per heavy atom. The van der Waals surface area contributed by atoms with Gasteiger partial charge in [0.2, 0.25) is 0 Å². The van der Waals surface area contributed by atoms with Crippen LogP contribution in [0.3, 0.4) is 0 Å². The number of ether oxygens (including phenoxy) is 1. The van der Waals surface area contributed by atoms with Crippen molar-refractivity contribution in [1.29, 1.82) is 0 Å². The molecule has 1 saturated heterocycles. The van der Waals surface area contributed by atoms with E-state index in [0.29, 0.717) is 32.0 Å². The van der Waals surface area contributed by atoms with E-state index in [9.17, 15) is 9.90 Å². The summed E-state index contributed by atoms with van der Waals surface area (Å²) in [4.78, 5) is 14.8. The quantitative estimate of drug-likeness (QED) is 0.717. The molecule has 0 spiro atoms. The van der Waals surface area contributed by atoms with Crippen molar-refractivity contribution >= 4 is 5.91 Å². The molecule has 1 heterocycles. The number of amides is 1. The highest BCUT2D eigenvalue weighted by atomic mass is 16.5. The molecule has 1 amide bonds. The second kappa shape index (κ2) is 9.42. The van der Waals surface area contributed by atoms with Gasteiger partial charge in [0.15, 0.2) is 5.60 Å². The first-order chi connectivity index (χ1) is 13.9. The summed E-state index contributed by atoms with van der Waals surface area (Å²) >= 11 is 0. The van der Waals surface area contributed by atoms with E-state index in [1.54, 1.807) is 12.0 Å². The van der Waals surface area contributed by atoms with Gasteiger partial charge in [0, 0.05) is 26.2 Å². The predicted octanol–water partition coefficient (Wildman–Crippen LogP) is 3.46. The fourth-order valence-electron chi connectivity index (χ4n) is 3.80. The van der Waals surface area contributed by atoms with Gasteiger partial charge in [-0.15, -0.1) is 0 Å². The molecule has 2 aromatic rings. The molecular formula is C24H32N2O3. The number of methoxy groups -OCH3 is 1. The monoisotopic (exact) mass is 396 g/mol. The molecule has 1 atom stereocenters. The lowest BCUT2D eigenvalue weighted by Gasteiger charge is -2.38. The van der Waals surface area contributed by atoms with Crippen molar-refractivity contribution in [3.8, 4) is 5.75 Å². The van der Waals surface area contributed by atoms with Crippen molar-refractivity contribution in [2.75, 3.05) is 20.2 Å². The smallest absolute Gasteiger partial charge is 0.256 e. The normalized spacial score (nSPS) is 19.6. The van der Waals surface area contributed by atoms with Crippen LogP contribution in [0, 0.1) is 0 Å². The van der Waals surface area contributed by atoms with Crippen molar-refractivity contribution in [3.05, 3.63) is 65.2 Å². The van der Waals surface area contributed by atoms with Gasteiger partial charge in [-0.2, -0.15) is 0 Å². The number of likely N-dealkylation sites (tertiary alicyclic amines) is 1. The number of nitrogens with one attached hydrogen (secondary N) is 1. The number of hydrogen-bond donors (Lipinski definition) is 2. The molecule has 29 heavy (non-hydrogen) atoms. The summed E-state index contributed by atoms with van der Waals surface area (Å²) in [5.41, 5.74) is 2.08. The molecule has 3 rings (SSSR count). The molecule has 0 bridgehead atoms. The van der Waals surface area contributed by atoms with E-state index in [2.05, 4.69) is 43.4 Å². The molecule has 1 fully saturated rings. The fraction of sp³-hybridized carbons (Fsp3) is 0.458. The van der Waals surface area contributed by atoms with Gasteiger partial charge in [-0.3, -0.25) is 4.79 Å². The van der Waals surface area contributed by atoms with Crippen LogP contribution in [0.5, 0.6) is 5.75 Å². The number of hydrogen-bond acceptors (Lipinski definition) is 4. The first-order valence-corrected chi connectivity index (χ1v) is 10.4. The minimum atomic E-state index is -1.35. The second-order valence-electron chi connectivity index (χ2n) is 8.21. The second-order valence-corrected chi connectivity index (χ2v) is 8.21. The molecule has 156 valence electrons. The van der Waals surface area contributed by atoms with Gasteiger partial charge in [-0.1, -0.05) is 50.2 Å². The molecule has 0 radical (unpaired) electrons. The molecule has 0 saturated carbocycles. The van der Waals surface area contributed by atoms with Crippen LogP contribution in [0.15, 0.2) is 48.5 Å². The predicted molar refractivity (Wildman–Crippen MR) is 115 cm³/mol. The Kier molecular flexibility index (Phi) is 6.93. The zero-order chi connectivity index (χ0) is 20.9. The Balaban J connectivity index is 1.58. The van der Waals surface area contributed by atoms with Crippen LogP contribution in [0.4, 0.5) is 0 Å².